The minimum atomic E-state index is -1.11. The van der Waals surface area contributed by atoms with Gasteiger partial charge in [0.15, 0.2) is 0 Å². The smallest absolute Gasteiger partial charge is 0.325 e. The molecule has 0 saturated heterocycles. The van der Waals surface area contributed by atoms with E-state index in [1.165, 1.54) is 25.3 Å². The van der Waals surface area contributed by atoms with Crippen LogP contribution in [0.1, 0.15) is 41.0 Å². The first-order valence-electron chi connectivity index (χ1n) is 7.88. The number of carboxylic acid groups (broad SMARTS) is 1. The van der Waals surface area contributed by atoms with E-state index in [0.29, 0.717) is 16.8 Å². The van der Waals surface area contributed by atoms with Crippen molar-refractivity contribution in [3.63, 3.8) is 0 Å². The van der Waals surface area contributed by atoms with Crippen LogP contribution in [0, 0.1) is 0 Å². The van der Waals surface area contributed by atoms with Crippen LogP contribution in [0.5, 0.6) is 0 Å². The monoisotopic (exact) mass is 344 g/mol. The van der Waals surface area contributed by atoms with Crippen molar-refractivity contribution >= 4 is 23.5 Å². The second-order valence-electron chi connectivity index (χ2n) is 5.56. The van der Waals surface area contributed by atoms with Crippen molar-refractivity contribution in [1.29, 1.82) is 0 Å². The van der Waals surface area contributed by atoms with E-state index in [1.54, 1.807) is 23.0 Å². The lowest BCUT2D eigenvalue weighted by Crippen LogP contribution is -2.38. The zero-order chi connectivity index (χ0) is 18.4. The van der Waals surface area contributed by atoms with Crippen LogP contribution in [0.4, 0.5) is 5.69 Å². The Morgan fingerprint density at radius 1 is 1.16 bits per heavy atom. The summed E-state index contributed by atoms with van der Waals surface area (Å²) in [5, 5.41) is 18.0. The molecule has 3 N–H and O–H groups in total. The third-order valence-electron chi connectivity index (χ3n) is 3.47. The molecule has 0 radical (unpaired) electrons. The Bertz CT molecular complexity index is 767. The molecule has 1 unspecified atom stereocenters. The summed E-state index contributed by atoms with van der Waals surface area (Å²) >= 11 is 0. The van der Waals surface area contributed by atoms with Gasteiger partial charge in [-0.1, -0.05) is 6.92 Å². The number of anilines is 1. The largest absolute Gasteiger partial charge is 0.480 e. The number of hydrogen-bond acceptors (Lipinski definition) is 4. The van der Waals surface area contributed by atoms with E-state index in [4.69, 9.17) is 5.11 Å². The number of carboxylic acids is 1. The minimum Gasteiger partial charge on any atom is -0.480 e. The summed E-state index contributed by atoms with van der Waals surface area (Å²) in [6.45, 7) is 4.15. The highest BCUT2D eigenvalue weighted by Crippen LogP contribution is 2.12. The van der Waals surface area contributed by atoms with E-state index in [2.05, 4.69) is 15.7 Å². The number of aromatic nitrogens is 2. The standard InChI is InChI=1S/C17H20N4O4/c1-3-8-21-10-13(9-18-21)16(23)20-14-6-4-12(5-7-14)15(22)19-11(2)17(24)25/h4-7,9-11H,3,8H2,1-2H3,(H,19,22)(H,20,23)(H,24,25). The lowest BCUT2D eigenvalue weighted by Gasteiger charge is -2.10. The van der Waals surface area contributed by atoms with Gasteiger partial charge in [0.1, 0.15) is 6.04 Å². The third-order valence-corrected chi connectivity index (χ3v) is 3.47. The van der Waals surface area contributed by atoms with Crippen LogP contribution in [0.2, 0.25) is 0 Å². The number of aryl methyl sites for hydroxylation is 1. The number of hydrogen-bond donors (Lipinski definition) is 3. The zero-order valence-corrected chi connectivity index (χ0v) is 14.0. The van der Waals surface area contributed by atoms with Gasteiger partial charge in [-0.15, -0.1) is 0 Å². The average Bonchev–Trinajstić information content (AvgIpc) is 3.04. The Hall–Kier alpha value is -3.16. The Morgan fingerprint density at radius 3 is 2.44 bits per heavy atom. The van der Waals surface area contributed by atoms with Crippen molar-refractivity contribution in [2.24, 2.45) is 0 Å². The molecular formula is C17H20N4O4. The van der Waals surface area contributed by atoms with E-state index in [9.17, 15) is 14.4 Å². The van der Waals surface area contributed by atoms with E-state index in [-0.39, 0.29) is 5.91 Å². The molecule has 0 aliphatic carbocycles. The highest BCUT2D eigenvalue weighted by atomic mass is 16.4. The van der Waals surface area contributed by atoms with Crippen molar-refractivity contribution in [2.45, 2.75) is 32.9 Å². The van der Waals surface area contributed by atoms with Crippen LogP contribution in [-0.2, 0) is 11.3 Å². The molecule has 0 saturated carbocycles. The summed E-state index contributed by atoms with van der Waals surface area (Å²) in [5.41, 5.74) is 1.28. The van der Waals surface area contributed by atoms with Gasteiger partial charge in [-0.25, -0.2) is 0 Å². The van der Waals surface area contributed by atoms with Gasteiger partial charge in [0.05, 0.1) is 11.8 Å². The fourth-order valence-corrected chi connectivity index (χ4v) is 2.08. The number of aliphatic carboxylic acids is 1. The van der Waals surface area contributed by atoms with Crippen molar-refractivity contribution < 1.29 is 19.5 Å². The number of nitrogens with zero attached hydrogens (tertiary/aromatic N) is 2. The molecule has 25 heavy (non-hydrogen) atoms. The van der Waals surface area contributed by atoms with E-state index >= 15 is 0 Å². The van der Waals surface area contributed by atoms with Gasteiger partial charge in [0.2, 0.25) is 0 Å². The molecule has 8 nitrogen and oxygen atoms in total. The topological polar surface area (TPSA) is 113 Å². The first kappa shape index (κ1) is 18.2. The van der Waals surface area contributed by atoms with Crippen molar-refractivity contribution in [3.8, 4) is 0 Å². The Balaban J connectivity index is 1.98. The maximum atomic E-state index is 12.2. The van der Waals surface area contributed by atoms with Gasteiger partial charge in [0, 0.05) is 24.0 Å². The number of nitrogens with one attached hydrogen (secondary N) is 2. The van der Waals surface area contributed by atoms with Gasteiger partial charge in [-0.05, 0) is 37.6 Å². The van der Waals surface area contributed by atoms with E-state index in [0.717, 1.165) is 13.0 Å². The molecule has 132 valence electrons. The van der Waals surface area contributed by atoms with E-state index in [1.807, 2.05) is 6.92 Å². The molecule has 0 aliphatic rings. The van der Waals surface area contributed by atoms with Crippen molar-refractivity contribution in [2.75, 3.05) is 5.32 Å². The van der Waals surface area contributed by atoms with Gasteiger partial charge < -0.3 is 15.7 Å². The molecule has 2 aromatic rings. The third kappa shape index (κ3) is 4.90. The van der Waals surface area contributed by atoms with Crippen LogP contribution >= 0.6 is 0 Å². The molecule has 0 spiro atoms. The van der Waals surface area contributed by atoms with Crippen LogP contribution in [0.25, 0.3) is 0 Å². The van der Waals surface area contributed by atoms with Crippen LogP contribution in [-0.4, -0.2) is 38.7 Å². The van der Waals surface area contributed by atoms with Gasteiger partial charge in [-0.3, -0.25) is 19.1 Å². The molecule has 1 atom stereocenters. The molecule has 8 heteroatoms. The van der Waals surface area contributed by atoms with Crippen molar-refractivity contribution in [3.05, 3.63) is 47.8 Å². The summed E-state index contributed by atoms with van der Waals surface area (Å²) < 4.78 is 1.70. The second kappa shape index (κ2) is 8.09. The highest BCUT2D eigenvalue weighted by Gasteiger charge is 2.15. The van der Waals surface area contributed by atoms with Crippen LogP contribution < -0.4 is 10.6 Å². The van der Waals surface area contributed by atoms with Crippen molar-refractivity contribution in [1.82, 2.24) is 15.1 Å². The van der Waals surface area contributed by atoms with Gasteiger partial charge in [-0.2, -0.15) is 5.10 Å². The Labute approximate surface area is 144 Å². The summed E-state index contributed by atoms with van der Waals surface area (Å²) in [5.74, 6) is -1.89. The maximum Gasteiger partial charge on any atom is 0.325 e. The predicted octanol–water partition coefficient (Wildman–Crippen LogP) is 1.75. The first-order chi connectivity index (χ1) is 11.9. The van der Waals surface area contributed by atoms with Crippen LogP contribution in [0.15, 0.2) is 36.7 Å². The summed E-state index contributed by atoms with van der Waals surface area (Å²) in [6.07, 6.45) is 4.10. The molecular weight excluding hydrogens is 324 g/mol. The predicted molar refractivity (Wildman–Crippen MR) is 91.5 cm³/mol. The molecule has 0 fully saturated rings. The Kier molecular flexibility index (Phi) is 5.89. The lowest BCUT2D eigenvalue weighted by molar-refractivity contribution is -0.138. The number of carbonyl (C=O) groups excluding carboxylic acids is 2. The molecule has 0 bridgehead atoms. The highest BCUT2D eigenvalue weighted by molar-refractivity contribution is 6.04. The molecule has 1 heterocycles. The van der Waals surface area contributed by atoms with Crippen LogP contribution in [0.3, 0.4) is 0 Å². The fraction of sp³-hybridized carbons (Fsp3) is 0.294. The quantitative estimate of drug-likeness (QED) is 0.708. The molecule has 1 aromatic heterocycles. The normalized spacial score (nSPS) is 11.6. The number of carbonyl (C=O) groups is 3. The minimum absolute atomic E-state index is 0.293. The molecule has 2 amide bonds. The SMILES string of the molecule is CCCn1cc(C(=O)Nc2ccc(C(=O)NC(C)C(=O)O)cc2)cn1. The maximum absolute atomic E-state index is 12.2. The number of benzene rings is 1. The number of amides is 2. The van der Waals surface area contributed by atoms with E-state index < -0.39 is 17.9 Å². The average molecular weight is 344 g/mol. The first-order valence-corrected chi connectivity index (χ1v) is 7.88. The molecule has 0 aliphatic heterocycles. The lowest BCUT2D eigenvalue weighted by atomic mass is 10.1. The molecule has 2 rings (SSSR count). The molecule has 1 aromatic carbocycles. The number of rotatable bonds is 7. The summed E-state index contributed by atoms with van der Waals surface area (Å²) in [4.78, 5) is 34.8. The van der Waals surface area contributed by atoms with Gasteiger partial charge >= 0.3 is 5.97 Å². The zero-order valence-electron chi connectivity index (χ0n) is 14.0. The summed E-state index contributed by atoms with van der Waals surface area (Å²) in [7, 11) is 0. The summed E-state index contributed by atoms with van der Waals surface area (Å²) in [6, 6.07) is 5.20. The Morgan fingerprint density at radius 2 is 1.84 bits per heavy atom. The van der Waals surface area contributed by atoms with Gasteiger partial charge in [0.25, 0.3) is 11.8 Å². The second-order valence-corrected chi connectivity index (χ2v) is 5.56. The fourth-order valence-electron chi connectivity index (χ4n) is 2.08.